The molecule has 38 heavy (non-hydrogen) atoms. The Morgan fingerprint density at radius 3 is 2.63 bits per heavy atom. The van der Waals surface area contributed by atoms with E-state index >= 15 is 0 Å². The van der Waals surface area contributed by atoms with Crippen molar-refractivity contribution >= 4 is 23.9 Å². The third-order valence-corrected chi connectivity index (χ3v) is 8.23. The minimum absolute atomic E-state index is 0.00716. The lowest BCUT2D eigenvalue weighted by Crippen LogP contribution is -2.67. The average Bonchev–Trinajstić information content (AvgIpc) is 3.19. The molecule has 0 unspecified atom stereocenters. The number of carbonyl (C=O) groups is 4. The number of carboxylic acid groups (broad SMARTS) is 2. The summed E-state index contributed by atoms with van der Waals surface area (Å²) in [5, 5.41) is 40.0. The van der Waals surface area contributed by atoms with Crippen molar-refractivity contribution in [2.75, 3.05) is 7.11 Å². The molecule has 2 bridgehead atoms. The van der Waals surface area contributed by atoms with Crippen LogP contribution in [0.5, 0.6) is 11.5 Å². The molecule has 3 aliphatic carbocycles. The molecule has 1 aromatic carbocycles. The van der Waals surface area contributed by atoms with E-state index in [1.165, 1.54) is 7.11 Å². The molecular weight excluding hydrogens is 504 g/mol. The first-order valence-corrected chi connectivity index (χ1v) is 12.3. The van der Waals surface area contributed by atoms with Crippen molar-refractivity contribution < 1.29 is 58.6 Å². The van der Waals surface area contributed by atoms with Crippen LogP contribution in [0.1, 0.15) is 49.7 Å². The van der Waals surface area contributed by atoms with E-state index in [1.807, 2.05) is 12.1 Å². The van der Waals surface area contributed by atoms with Crippen molar-refractivity contribution in [3.63, 3.8) is 0 Å². The van der Waals surface area contributed by atoms with Crippen molar-refractivity contribution in [3.8, 4) is 11.5 Å². The summed E-state index contributed by atoms with van der Waals surface area (Å²) in [6, 6.07) is 3.79. The SMILES string of the molecule is COc1ccc2c3c1O[C@@H]1C(OC(=O)C[C@H](O)C(=O)O[C@@H](CC(=O)O)C(=O)O)=CC[C@]4(O)[C@@H](CCC[C@@]314)C2. The maximum Gasteiger partial charge on any atom is 0.345 e. The smallest absolute Gasteiger partial charge is 0.345 e. The molecule has 4 aliphatic rings. The summed E-state index contributed by atoms with van der Waals surface area (Å²) < 4.78 is 22.0. The highest BCUT2D eigenvalue weighted by molar-refractivity contribution is 5.86. The highest BCUT2D eigenvalue weighted by atomic mass is 16.6. The third-order valence-electron chi connectivity index (χ3n) is 8.23. The molecule has 1 heterocycles. The van der Waals surface area contributed by atoms with Gasteiger partial charge in [-0.25, -0.2) is 9.59 Å². The Hall–Kier alpha value is -3.64. The number of methoxy groups -OCH3 is 1. The summed E-state index contributed by atoms with van der Waals surface area (Å²) >= 11 is 0. The zero-order chi connectivity index (χ0) is 27.4. The van der Waals surface area contributed by atoms with Crippen molar-refractivity contribution in [1.82, 2.24) is 0 Å². The molecule has 6 atom stereocenters. The van der Waals surface area contributed by atoms with Crippen LogP contribution in [-0.4, -0.2) is 75.3 Å². The van der Waals surface area contributed by atoms with E-state index in [0.29, 0.717) is 24.3 Å². The van der Waals surface area contributed by atoms with Crippen LogP contribution in [0.4, 0.5) is 0 Å². The van der Waals surface area contributed by atoms with Gasteiger partial charge in [-0.1, -0.05) is 12.5 Å². The lowest BCUT2D eigenvalue weighted by Gasteiger charge is -2.59. The molecule has 5 rings (SSSR count). The topological polar surface area (TPSA) is 186 Å². The van der Waals surface area contributed by atoms with E-state index in [-0.39, 0.29) is 18.1 Å². The molecule has 4 N–H and O–H groups in total. The van der Waals surface area contributed by atoms with Gasteiger partial charge < -0.3 is 39.4 Å². The first kappa shape index (κ1) is 26.0. The number of aliphatic hydroxyl groups excluding tert-OH is 1. The number of benzene rings is 1. The van der Waals surface area contributed by atoms with Gasteiger partial charge in [-0.05, 0) is 49.3 Å². The molecule has 12 heteroatoms. The van der Waals surface area contributed by atoms with Gasteiger partial charge in [0.15, 0.2) is 23.7 Å². The zero-order valence-electron chi connectivity index (χ0n) is 20.5. The number of hydrogen-bond donors (Lipinski definition) is 4. The summed E-state index contributed by atoms with van der Waals surface area (Å²) in [5.74, 6) is -4.58. The number of ether oxygens (including phenoxy) is 4. The summed E-state index contributed by atoms with van der Waals surface area (Å²) in [6.45, 7) is 0. The van der Waals surface area contributed by atoms with Gasteiger partial charge in [-0.3, -0.25) is 9.59 Å². The Bertz CT molecular complexity index is 1240. The fourth-order valence-electron chi connectivity index (χ4n) is 6.65. The largest absolute Gasteiger partial charge is 0.493 e. The summed E-state index contributed by atoms with van der Waals surface area (Å²) in [7, 11) is 1.52. The van der Waals surface area contributed by atoms with E-state index in [9.17, 15) is 29.4 Å². The van der Waals surface area contributed by atoms with Gasteiger partial charge in [0.25, 0.3) is 0 Å². The second-order valence-electron chi connectivity index (χ2n) is 10.2. The maximum absolute atomic E-state index is 12.7. The number of hydrogen-bond acceptors (Lipinski definition) is 10. The van der Waals surface area contributed by atoms with E-state index in [0.717, 1.165) is 24.0 Å². The van der Waals surface area contributed by atoms with Crippen LogP contribution in [0.15, 0.2) is 24.0 Å². The van der Waals surface area contributed by atoms with Crippen molar-refractivity contribution in [2.45, 2.75) is 74.3 Å². The third kappa shape index (κ3) is 3.81. The lowest BCUT2D eigenvalue weighted by atomic mass is 9.47. The Labute approximate surface area is 216 Å². The first-order chi connectivity index (χ1) is 18.0. The van der Waals surface area contributed by atoms with Crippen LogP contribution in [0.3, 0.4) is 0 Å². The predicted octanol–water partition coefficient (Wildman–Crippen LogP) is 0.834. The fraction of sp³-hybridized carbons (Fsp3) is 0.538. The van der Waals surface area contributed by atoms with Crippen molar-refractivity contribution in [1.29, 1.82) is 0 Å². The molecule has 0 amide bonds. The summed E-state index contributed by atoms with van der Waals surface area (Å²) in [6.07, 6.45) is -2.03. The predicted molar refractivity (Wildman–Crippen MR) is 124 cm³/mol. The van der Waals surface area contributed by atoms with E-state index in [2.05, 4.69) is 4.74 Å². The van der Waals surface area contributed by atoms with Gasteiger partial charge in [0.05, 0.1) is 31.0 Å². The van der Waals surface area contributed by atoms with E-state index in [4.69, 9.17) is 24.4 Å². The first-order valence-electron chi connectivity index (χ1n) is 12.3. The van der Waals surface area contributed by atoms with Crippen LogP contribution in [0.25, 0.3) is 0 Å². The highest BCUT2D eigenvalue weighted by Crippen LogP contribution is 2.67. The molecular formula is C26H28O12. The van der Waals surface area contributed by atoms with Gasteiger partial charge in [0.2, 0.25) is 6.10 Å². The normalized spacial score (nSPS) is 29.6. The lowest BCUT2D eigenvalue weighted by molar-refractivity contribution is -0.175. The quantitative estimate of drug-likeness (QED) is 0.329. The van der Waals surface area contributed by atoms with Crippen LogP contribution >= 0.6 is 0 Å². The number of aliphatic hydroxyl groups is 2. The number of rotatable bonds is 9. The number of esters is 2. The molecule has 1 fully saturated rings. The summed E-state index contributed by atoms with van der Waals surface area (Å²) in [5.41, 5.74) is -0.0576. The standard InChI is InChI=1S/C26H28O12/c1-35-15-5-4-12-9-13-3-2-7-25-20(12)21(15)38-22(25)16(6-8-26(13,25)34)36-19(30)10-14(27)24(33)37-17(23(31)32)11-18(28)29/h4-6,13-14,17,22,27,34H,2-3,7-11H2,1H3,(H,28,29)(H,31,32)/t13-,14-,17-,22+,25+,26-/m0/s1. The molecule has 1 aliphatic heterocycles. The van der Waals surface area contributed by atoms with Gasteiger partial charge in [0.1, 0.15) is 5.76 Å². The van der Waals surface area contributed by atoms with Gasteiger partial charge in [-0.15, -0.1) is 0 Å². The minimum Gasteiger partial charge on any atom is -0.493 e. The highest BCUT2D eigenvalue weighted by Gasteiger charge is 2.70. The Kier molecular flexibility index (Phi) is 6.35. The average molecular weight is 532 g/mol. The molecule has 1 spiro atoms. The molecule has 12 nitrogen and oxygen atoms in total. The molecule has 1 aromatic rings. The number of aliphatic carboxylic acids is 2. The van der Waals surface area contributed by atoms with Gasteiger partial charge in [0, 0.05) is 5.56 Å². The second kappa shape index (κ2) is 9.28. The molecule has 0 saturated heterocycles. The van der Waals surface area contributed by atoms with Crippen LogP contribution in [0, 0.1) is 5.92 Å². The second-order valence-corrected chi connectivity index (χ2v) is 10.2. The fourth-order valence-corrected chi connectivity index (χ4v) is 6.65. The molecule has 204 valence electrons. The molecule has 0 aromatic heterocycles. The van der Waals surface area contributed by atoms with Gasteiger partial charge in [-0.2, -0.15) is 0 Å². The van der Waals surface area contributed by atoms with Crippen molar-refractivity contribution in [2.24, 2.45) is 5.92 Å². The Morgan fingerprint density at radius 1 is 1.18 bits per heavy atom. The van der Waals surface area contributed by atoms with Crippen LogP contribution < -0.4 is 9.47 Å². The van der Waals surface area contributed by atoms with Gasteiger partial charge >= 0.3 is 23.9 Å². The van der Waals surface area contributed by atoms with Crippen molar-refractivity contribution in [3.05, 3.63) is 35.1 Å². The number of carboxylic acids is 2. The summed E-state index contributed by atoms with van der Waals surface area (Å²) in [4.78, 5) is 46.8. The van der Waals surface area contributed by atoms with E-state index in [1.54, 1.807) is 6.08 Å². The zero-order valence-corrected chi connectivity index (χ0v) is 20.5. The Morgan fingerprint density at radius 2 is 1.95 bits per heavy atom. The Balaban J connectivity index is 1.36. The molecule has 1 saturated carbocycles. The number of carbonyl (C=O) groups excluding carboxylic acids is 2. The van der Waals surface area contributed by atoms with Crippen LogP contribution in [-0.2, 0) is 40.5 Å². The van der Waals surface area contributed by atoms with Crippen LogP contribution in [0.2, 0.25) is 0 Å². The van der Waals surface area contributed by atoms with E-state index < -0.39 is 66.0 Å². The molecule has 0 radical (unpaired) electrons. The minimum atomic E-state index is -2.08. The monoisotopic (exact) mass is 532 g/mol. The maximum atomic E-state index is 12.7.